The molecule has 1 aliphatic rings. The molecule has 1 amide bonds. The number of carbonyl (C=O) groups is 2. The second kappa shape index (κ2) is 5.40. The van der Waals surface area contributed by atoms with Crippen LogP contribution in [0, 0.1) is 5.41 Å². The second-order valence-corrected chi connectivity index (χ2v) is 5.09. The Bertz CT molecular complexity index is 468. The van der Waals surface area contributed by atoms with Crippen LogP contribution < -0.4 is 5.32 Å². The van der Waals surface area contributed by atoms with Crippen LogP contribution in [0.4, 0.5) is 0 Å². The molecular formula is C14H17NO4. The molecule has 1 atom stereocenters. The highest BCUT2D eigenvalue weighted by Gasteiger charge is 2.41. The van der Waals surface area contributed by atoms with E-state index in [9.17, 15) is 9.59 Å². The van der Waals surface area contributed by atoms with Gasteiger partial charge in [0, 0.05) is 0 Å². The van der Waals surface area contributed by atoms with Crippen LogP contribution >= 0.6 is 0 Å². The molecule has 0 spiro atoms. The minimum absolute atomic E-state index is 0.132. The van der Waals surface area contributed by atoms with Crippen molar-refractivity contribution in [3.63, 3.8) is 0 Å². The van der Waals surface area contributed by atoms with Crippen molar-refractivity contribution in [1.29, 1.82) is 0 Å². The highest BCUT2D eigenvalue weighted by atomic mass is 16.5. The fourth-order valence-corrected chi connectivity index (χ4v) is 1.98. The van der Waals surface area contributed by atoms with E-state index in [1.54, 1.807) is 0 Å². The number of amides is 1. The Labute approximate surface area is 111 Å². The molecule has 0 aliphatic carbocycles. The zero-order valence-electron chi connectivity index (χ0n) is 10.8. The molecular weight excluding hydrogens is 246 g/mol. The van der Waals surface area contributed by atoms with Gasteiger partial charge in [0.1, 0.15) is 0 Å². The third kappa shape index (κ3) is 3.12. The quantitative estimate of drug-likeness (QED) is 0.841. The smallest absolute Gasteiger partial charge is 0.305 e. The van der Waals surface area contributed by atoms with Gasteiger partial charge in [-0.1, -0.05) is 30.3 Å². The molecule has 0 radical (unpaired) electrons. The molecule has 0 aromatic heterocycles. The lowest BCUT2D eigenvalue weighted by Crippen LogP contribution is -2.52. The van der Waals surface area contributed by atoms with E-state index in [2.05, 4.69) is 5.32 Å². The first kappa shape index (κ1) is 13.5. The molecule has 5 nitrogen and oxygen atoms in total. The summed E-state index contributed by atoms with van der Waals surface area (Å²) in [7, 11) is 0. The van der Waals surface area contributed by atoms with Crippen molar-refractivity contribution in [3.8, 4) is 0 Å². The largest absolute Gasteiger partial charge is 0.481 e. The van der Waals surface area contributed by atoms with Crippen molar-refractivity contribution < 1.29 is 19.4 Å². The maximum atomic E-state index is 12.1. The number of benzene rings is 1. The van der Waals surface area contributed by atoms with Crippen LogP contribution in [0.2, 0.25) is 0 Å². The average molecular weight is 263 g/mol. The van der Waals surface area contributed by atoms with Gasteiger partial charge in [0.05, 0.1) is 31.1 Å². The van der Waals surface area contributed by atoms with Gasteiger partial charge in [0.2, 0.25) is 5.91 Å². The zero-order valence-corrected chi connectivity index (χ0v) is 10.8. The zero-order chi connectivity index (χ0) is 13.9. The third-order valence-corrected chi connectivity index (χ3v) is 3.28. The summed E-state index contributed by atoms with van der Waals surface area (Å²) in [4.78, 5) is 23.1. The minimum Gasteiger partial charge on any atom is -0.481 e. The molecule has 0 unspecified atom stereocenters. The SMILES string of the molecule is CC1(C(=O)N[C@@H](CC(=O)O)c2ccccc2)COC1. The number of hydrogen-bond donors (Lipinski definition) is 2. The highest BCUT2D eigenvalue weighted by molar-refractivity contribution is 5.84. The van der Waals surface area contributed by atoms with E-state index < -0.39 is 17.4 Å². The van der Waals surface area contributed by atoms with Gasteiger partial charge in [-0.2, -0.15) is 0 Å². The molecule has 0 saturated carbocycles. The topological polar surface area (TPSA) is 75.6 Å². The summed E-state index contributed by atoms with van der Waals surface area (Å²) in [6, 6.07) is 8.61. The standard InChI is InChI=1S/C14H17NO4/c1-14(8-19-9-14)13(18)15-11(7-12(16)17)10-5-3-2-4-6-10/h2-6,11H,7-9H2,1H3,(H,15,18)(H,16,17)/t11-/m0/s1. The number of carboxylic acid groups (broad SMARTS) is 1. The second-order valence-electron chi connectivity index (χ2n) is 5.09. The van der Waals surface area contributed by atoms with E-state index in [4.69, 9.17) is 9.84 Å². The monoisotopic (exact) mass is 263 g/mol. The van der Waals surface area contributed by atoms with Crippen molar-refractivity contribution in [2.24, 2.45) is 5.41 Å². The summed E-state index contributed by atoms with van der Waals surface area (Å²) >= 11 is 0. The summed E-state index contributed by atoms with van der Waals surface area (Å²) in [5.41, 5.74) is 0.257. The molecule has 5 heteroatoms. The van der Waals surface area contributed by atoms with E-state index in [1.165, 1.54) is 0 Å². The summed E-state index contributed by atoms with van der Waals surface area (Å²) in [5.74, 6) is -1.10. The van der Waals surface area contributed by atoms with Crippen LogP contribution in [-0.4, -0.2) is 30.2 Å². The van der Waals surface area contributed by atoms with E-state index in [0.29, 0.717) is 13.2 Å². The van der Waals surface area contributed by atoms with Crippen molar-refractivity contribution in [2.45, 2.75) is 19.4 Å². The van der Waals surface area contributed by atoms with E-state index in [0.717, 1.165) is 5.56 Å². The number of rotatable bonds is 5. The van der Waals surface area contributed by atoms with E-state index in [1.807, 2.05) is 37.3 Å². The molecule has 1 heterocycles. The van der Waals surface area contributed by atoms with Crippen molar-refractivity contribution >= 4 is 11.9 Å². The highest BCUT2D eigenvalue weighted by Crippen LogP contribution is 2.28. The molecule has 1 saturated heterocycles. The lowest BCUT2D eigenvalue weighted by molar-refractivity contribution is -0.158. The van der Waals surface area contributed by atoms with Crippen LogP contribution in [-0.2, 0) is 14.3 Å². The fourth-order valence-electron chi connectivity index (χ4n) is 1.98. The van der Waals surface area contributed by atoms with Crippen LogP contribution in [0.15, 0.2) is 30.3 Å². The number of aliphatic carboxylic acids is 1. The molecule has 1 fully saturated rings. The molecule has 0 bridgehead atoms. The number of carbonyl (C=O) groups excluding carboxylic acids is 1. The predicted octanol–water partition coefficient (Wildman–Crippen LogP) is 1.36. The summed E-state index contributed by atoms with van der Waals surface area (Å²) in [6.07, 6.45) is -0.132. The summed E-state index contributed by atoms with van der Waals surface area (Å²) < 4.78 is 5.05. The van der Waals surface area contributed by atoms with Crippen molar-refractivity contribution in [2.75, 3.05) is 13.2 Å². The Balaban J connectivity index is 2.10. The maximum Gasteiger partial charge on any atom is 0.305 e. The Morgan fingerprint density at radius 1 is 1.37 bits per heavy atom. The fraction of sp³-hybridized carbons (Fsp3) is 0.429. The average Bonchev–Trinajstić information content (AvgIpc) is 2.35. The van der Waals surface area contributed by atoms with Gasteiger partial charge >= 0.3 is 5.97 Å². The predicted molar refractivity (Wildman–Crippen MR) is 68.5 cm³/mol. The van der Waals surface area contributed by atoms with E-state index >= 15 is 0 Å². The van der Waals surface area contributed by atoms with Crippen LogP contribution in [0.5, 0.6) is 0 Å². The number of nitrogens with one attached hydrogen (secondary N) is 1. The van der Waals surface area contributed by atoms with E-state index in [-0.39, 0.29) is 12.3 Å². The third-order valence-electron chi connectivity index (χ3n) is 3.28. The Morgan fingerprint density at radius 3 is 2.47 bits per heavy atom. The van der Waals surface area contributed by atoms with Crippen LogP contribution in [0.1, 0.15) is 24.9 Å². The first-order valence-corrected chi connectivity index (χ1v) is 6.17. The van der Waals surface area contributed by atoms with Gasteiger partial charge in [-0.25, -0.2) is 0 Å². The van der Waals surface area contributed by atoms with Gasteiger partial charge < -0.3 is 15.2 Å². The Kier molecular flexibility index (Phi) is 3.85. The van der Waals surface area contributed by atoms with Gasteiger partial charge in [0.25, 0.3) is 0 Å². The lowest BCUT2D eigenvalue weighted by Gasteiger charge is -2.37. The number of hydrogen-bond acceptors (Lipinski definition) is 3. The van der Waals surface area contributed by atoms with Crippen molar-refractivity contribution in [3.05, 3.63) is 35.9 Å². The molecule has 1 aromatic carbocycles. The minimum atomic E-state index is -0.941. The summed E-state index contributed by atoms with van der Waals surface area (Å²) in [6.45, 7) is 2.58. The maximum absolute atomic E-state index is 12.1. The van der Waals surface area contributed by atoms with Crippen LogP contribution in [0.25, 0.3) is 0 Å². The lowest BCUT2D eigenvalue weighted by atomic mass is 9.87. The first-order chi connectivity index (χ1) is 9.01. The van der Waals surface area contributed by atoms with Gasteiger partial charge in [-0.15, -0.1) is 0 Å². The Hall–Kier alpha value is -1.88. The molecule has 1 aromatic rings. The molecule has 1 aliphatic heterocycles. The Morgan fingerprint density at radius 2 is 2.00 bits per heavy atom. The first-order valence-electron chi connectivity index (χ1n) is 6.17. The summed E-state index contributed by atoms with van der Waals surface area (Å²) in [5, 5.41) is 11.8. The van der Waals surface area contributed by atoms with Crippen molar-refractivity contribution in [1.82, 2.24) is 5.32 Å². The molecule has 102 valence electrons. The van der Waals surface area contributed by atoms with Gasteiger partial charge in [-0.05, 0) is 12.5 Å². The molecule has 19 heavy (non-hydrogen) atoms. The normalized spacial score (nSPS) is 18.2. The van der Waals surface area contributed by atoms with Gasteiger partial charge in [-0.3, -0.25) is 9.59 Å². The van der Waals surface area contributed by atoms with Gasteiger partial charge in [0.15, 0.2) is 0 Å². The molecule has 2 N–H and O–H groups in total. The number of ether oxygens (including phenoxy) is 1. The van der Waals surface area contributed by atoms with Crippen LogP contribution in [0.3, 0.4) is 0 Å². The number of carboxylic acids is 1. The molecule has 2 rings (SSSR count).